The van der Waals surface area contributed by atoms with Crippen LogP contribution in [0, 0.1) is 5.92 Å². The van der Waals surface area contributed by atoms with Crippen LogP contribution in [0.5, 0.6) is 0 Å². The Morgan fingerprint density at radius 2 is 2.20 bits per heavy atom. The predicted octanol–water partition coefficient (Wildman–Crippen LogP) is 3.38. The van der Waals surface area contributed by atoms with E-state index in [2.05, 4.69) is 25.7 Å². The first-order chi connectivity index (χ1) is 4.70. The van der Waals surface area contributed by atoms with Crippen molar-refractivity contribution in [1.29, 1.82) is 0 Å². The first-order valence-corrected chi connectivity index (χ1v) is 4.03. The van der Waals surface area contributed by atoms with E-state index in [-0.39, 0.29) is 5.38 Å². The summed E-state index contributed by atoms with van der Waals surface area (Å²) in [5.41, 5.74) is 0. The number of rotatable bonds is 4. The van der Waals surface area contributed by atoms with Gasteiger partial charge in [0.2, 0.25) is 0 Å². The number of allylic oxidation sites excluding steroid dienone is 3. The molecule has 0 nitrogen and oxygen atoms in total. The number of hydrogen-bond donors (Lipinski definition) is 0. The highest BCUT2D eigenvalue weighted by molar-refractivity contribution is 6.21. The van der Waals surface area contributed by atoms with E-state index < -0.39 is 0 Å². The maximum absolute atomic E-state index is 5.84. The molecular formula is C9H15Cl. The molecule has 0 heterocycles. The van der Waals surface area contributed by atoms with Crippen LogP contribution in [0.1, 0.15) is 20.3 Å². The fourth-order valence-electron chi connectivity index (χ4n) is 0.858. The molecule has 0 aliphatic carbocycles. The Morgan fingerprint density at radius 1 is 1.60 bits per heavy atom. The van der Waals surface area contributed by atoms with E-state index in [0.29, 0.717) is 5.92 Å². The van der Waals surface area contributed by atoms with Gasteiger partial charge in [0.15, 0.2) is 0 Å². The minimum Gasteiger partial charge on any atom is -0.118 e. The molecule has 0 saturated heterocycles. The van der Waals surface area contributed by atoms with Gasteiger partial charge < -0.3 is 0 Å². The van der Waals surface area contributed by atoms with E-state index in [4.69, 9.17) is 11.6 Å². The first kappa shape index (κ1) is 9.77. The van der Waals surface area contributed by atoms with Gasteiger partial charge >= 0.3 is 0 Å². The third-order valence-corrected chi connectivity index (χ3v) is 1.73. The van der Waals surface area contributed by atoms with Crippen LogP contribution in [-0.4, -0.2) is 5.38 Å². The summed E-state index contributed by atoms with van der Waals surface area (Å²) in [4.78, 5) is 0. The summed E-state index contributed by atoms with van der Waals surface area (Å²) in [6.45, 7) is 7.79. The van der Waals surface area contributed by atoms with Gasteiger partial charge in [0.25, 0.3) is 0 Å². The summed E-state index contributed by atoms with van der Waals surface area (Å²) in [7, 11) is 0. The van der Waals surface area contributed by atoms with Crippen molar-refractivity contribution in [3.8, 4) is 0 Å². The molecule has 0 fully saturated rings. The third kappa shape index (κ3) is 4.63. The highest BCUT2D eigenvalue weighted by Gasteiger charge is 2.02. The van der Waals surface area contributed by atoms with E-state index in [1.165, 1.54) is 0 Å². The van der Waals surface area contributed by atoms with E-state index in [0.717, 1.165) is 6.42 Å². The van der Waals surface area contributed by atoms with Gasteiger partial charge in [-0.3, -0.25) is 0 Å². The van der Waals surface area contributed by atoms with Gasteiger partial charge in [0, 0.05) is 0 Å². The molecule has 0 aromatic heterocycles. The molecule has 0 aromatic rings. The maximum Gasteiger partial charge on any atom is 0.0518 e. The van der Waals surface area contributed by atoms with Gasteiger partial charge in [-0.1, -0.05) is 25.2 Å². The summed E-state index contributed by atoms with van der Waals surface area (Å²) in [6.07, 6.45) is 6.97. The van der Waals surface area contributed by atoms with Crippen LogP contribution in [-0.2, 0) is 0 Å². The second-order valence-electron chi connectivity index (χ2n) is 2.49. The normalized spacial score (nSPS) is 17.1. The van der Waals surface area contributed by atoms with E-state index in [9.17, 15) is 0 Å². The Hall–Kier alpha value is -0.230. The van der Waals surface area contributed by atoms with Gasteiger partial charge in [-0.2, -0.15) is 0 Å². The molecule has 0 bridgehead atoms. The summed E-state index contributed by atoms with van der Waals surface area (Å²) < 4.78 is 0. The number of halogens is 1. The second kappa shape index (κ2) is 5.55. The van der Waals surface area contributed by atoms with Gasteiger partial charge in [-0.15, -0.1) is 18.2 Å². The van der Waals surface area contributed by atoms with E-state index >= 15 is 0 Å². The van der Waals surface area contributed by atoms with Gasteiger partial charge in [0.05, 0.1) is 5.38 Å². The van der Waals surface area contributed by atoms with Crippen molar-refractivity contribution in [2.24, 2.45) is 5.92 Å². The van der Waals surface area contributed by atoms with Crippen molar-refractivity contribution < 1.29 is 0 Å². The largest absolute Gasteiger partial charge is 0.118 e. The second-order valence-corrected chi connectivity index (χ2v) is 3.05. The SMILES string of the molecule is C=CC(Cl)CC(C)/C=C/C. The Balaban J connectivity index is 3.55. The molecule has 0 aromatic carbocycles. The van der Waals surface area contributed by atoms with E-state index in [1.807, 2.05) is 6.92 Å². The minimum atomic E-state index is 0.117. The Morgan fingerprint density at radius 3 is 2.60 bits per heavy atom. The minimum absolute atomic E-state index is 0.117. The molecule has 0 spiro atoms. The average Bonchev–Trinajstić information content (AvgIpc) is 1.88. The lowest BCUT2D eigenvalue weighted by Gasteiger charge is -2.07. The van der Waals surface area contributed by atoms with Gasteiger partial charge in [-0.05, 0) is 19.3 Å². The van der Waals surface area contributed by atoms with Crippen LogP contribution in [0.15, 0.2) is 24.8 Å². The summed E-state index contributed by atoms with van der Waals surface area (Å²) in [5, 5.41) is 0.117. The van der Waals surface area contributed by atoms with Gasteiger partial charge in [0.1, 0.15) is 0 Å². The van der Waals surface area contributed by atoms with Crippen molar-refractivity contribution in [2.75, 3.05) is 0 Å². The Kier molecular flexibility index (Phi) is 5.42. The smallest absolute Gasteiger partial charge is 0.0518 e. The van der Waals surface area contributed by atoms with Crippen LogP contribution in [0.25, 0.3) is 0 Å². The fourth-order valence-corrected chi connectivity index (χ4v) is 1.14. The zero-order valence-electron chi connectivity index (χ0n) is 6.68. The molecule has 0 radical (unpaired) electrons. The predicted molar refractivity (Wildman–Crippen MR) is 48.4 cm³/mol. The molecule has 2 atom stereocenters. The van der Waals surface area contributed by atoms with Crippen LogP contribution < -0.4 is 0 Å². The molecule has 10 heavy (non-hydrogen) atoms. The summed E-state index contributed by atoms with van der Waals surface area (Å²) >= 11 is 5.84. The van der Waals surface area contributed by atoms with Crippen molar-refractivity contribution in [1.82, 2.24) is 0 Å². The topological polar surface area (TPSA) is 0 Å². The standard InChI is InChI=1S/C9H15Cl/c1-4-6-8(3)7-9(10)5-2/h4-6,8-9H,2,7H2,1,3H3/b6-4+. The van der Waals surface area contributed by atoms with Crippen molar-refractivity contribution in [3.63, 3.8) is 0 Å². The van der Waals surface area contributed by atoms with Crippen molar-refractivity contribution >= 4 is 11.6 Å². The maximum atomic E-state index is 5.84. The molecular weight excluding hydrogens is 144 g/mol. The van der Waals surface area contributed by atoms with Crippen LogP contribution in [0.4, 0.5) is 0 Å². The van der Waals surface area contributed by atoms with Crippen LogP contribution in [0.2, 0.25) is 0 Å². The molecule has 58 valence electrons. The number of alkyl halides is 1. The summed E-state index contributed by atoms with van der Waals surface area (Å²) in [5.74, 6) is 0.561. The molecule has 1 heteroatoms. The Bertz CT molecular complexity index is 116. The first-order valence-electron chi connectivity index (χ1n) is 3.60. The lowest BCUT2D eigenvalue weighted by Crippen LogP contribution is -1.99. The molecule has 0 N–H and O–H groups in total. The summed E-state index contributed by atoms with van der Waals surface area (Å²) in [6, 6.07) is 0. The van der Waals surface area contributed by atoms with Gasteiger partial charge in [-0.25, -0.2) is 0 Å². The van der Waals surface area contributed by atoms with Crippen LogP contribution in [0.3, 0.4) is 0 Å². The Labute approximate surface area is 68.6 Å². The zero-order valence-corrected chi connectivity index (χ0v) is 7.43. The highest BCUT2D eigenvalue weighted by Crippen LogP contribution is 2.12. The van der Waals surface area contributed by atoms with Crippen molar-refractivity contribution in [3.05, 3.63) is 24.8 Å². The third-order valence-electron chi connectivity index (χ3n) is 1.37. The lowest BCUT2D eigenvalue weighted by atomic mass is 10.1. The van der Waals surface area contributed by atoms with E-state index in [1.54, 1.807) is 6.08 Å². The number of hydrogen-bond acceptors (Lipinski definition) is 0. The quantitative estimate of drug-likeness (QED) is 0.435. The highest BCUT2D eigenvalue weighted by atomic mass is 35.5. The monoisotopic (exact) mass is 158 g/mol. The lowest BCUT2D eigenvalue weighted by molar-refractivity contribution is 0.662. The van der Waals surface area contributed by atoms with Crippen LogP contribution >= 0.6 is 11.6 Å². The van der Waals surface area contributed by atoms with Crippen molar-refractivity contribution in [2.45, 2.75) is 25.6 Å². The molecule has 0 amide bonds. The molecule has 2 unspecified atom stereocenters. The fraction of sp³-hybridized carbons (Fsp3) is 0.556. The molecule has 0 aliphatic heterocycles. The zero-order chi connectivity index (χ0) is 7.98. The average molecular weight is 159 g/mol. The molecule has 0 rings (SSSR count). The molecule has 0 saturated carbocycles. The molecule has 0 aliphatic rings.